The van der Waals surface area contributed by atoms with Crippen molar-refractivity contribution in [3.05, 3.63) is 71.8 Å². The Balaban J connectivity index is 1.94. The second-order valence-electron chi connectivity index (χ2n) is 6.90. The number of esters is 1. The molecule has 0 aliphatic rings. The number of ether oxygens (including phenoxy) is 2. The van der Waals surface area contributed by atoms with Crippen molar-refractivity contribution in [1.29, 1.82) is 0 Å². The predicted octanol–water partition coefficient (Wildman–Crippen LogP) is 2.16. The van der Waals surface area contributed by atoms with Crippen LogP contribution in [0.5, 0.6) is 0 Å². The zero-order valence-electron chi connectivity index (χ0n) is 17.5. The van der Waals surface area contributed by atoms with E-state index in [0.29, 0.717) is 0 Å². The Morgan fingerprint density at radius 1 is 0.871 bits per heavy atom. The summed E-state index contributed by atoms with van der Waals surface area (Å²) < 4.78 is 9.65. The highest BCUT2D eigenvalue weighted by atomic mass is 16.5. The first-order chi connectivity index (χ1) is 14.9. The highest BCUT2D eigenvalue weighted by Gasteiger charge is 2.26. The molecule has 0 aliphatic carbocycles. The van der Waals surface area contributed by atoms with Gasteiger partial charge in [0.15, 0.2) is 5.78 Å². The molecule has 1 unspecified atom stereocenters. The van der Waals surface area contributed by atoms with Gasteiger partial charge in [0.05, 0.1) is 13.2 Å². The highest BCUT2D eigenvalue weighted by Crippen LogP contribution is 2.07. The molecule has 0 aromatic heterocycles. The van der Waals surface area contributed by atoms with Crippen LogP contribution < -0.4 is 10.6 Å². The lowest BCUT2D eigenvalue weighted by Gasteiger charge is -2.20. The molecule has 0 aliphatic heterocycles. The van der Waals surface area contributed by atoms with Crippen LogP contribution in [0.2, 0.25) is 0 Å². The van der Waals surface area contributed by atoms with Crippen LogP contribution in [0.15, 0.2) is 60.7 Å². The molecule has 2 aromatic carbocycles. The quantitative estimate of drug-likeness (QED) is 0.445. The van der Waals surface area contributed by atoms with Crippen molar-refractivity contribution in [3.8, 4) is 0 Å². The molecule has 8 nitrogen and oxygen atoms in total. The third kappa shape index (κ3) is 8.30. The monoisotopic (exact) mass is 426 g/mol. The summed E-state index contributed by atoms with van der Waals surface area (Å²) in [4.78, 5) is 48.6. The Morgan fingerprint density at radius 3 is 2.03 bits per heavy atom. The molecule has 0 heterocycles. The minimum atomic E-state index is -0.951. The summed E-state index contributed by atoms with van der Waals surface area (Å²) in [5.74, 6) is -1.74. The summed E-state index contributed by atoms with van der Waals surface area (Å²) in [6, 6.07) is 16.3. The van der Waals surface area contributed by atoms with Crippen LogP contribution in [0.1, 0.15) is 24.5 Å². The summed E-state index contributed by atoms with van der Waals surface area (Å²) in [6.07, 6.45) is -1.02. The van der Waals surface area contributed by atoms with Crippen molar-refractivity contribution in [2.75, 3.05) is 7.11 Å². The van der Waals surface area contributed by atoms with Crippen LogP contribution in [-0.4, -0.2) is 42.9 Å². The zero-order valence-corrected chi connectivity index (χ0v) is 17.5. The molecule has 0 saturated heterocycles. The number of benzene rings is 2. The Labute approximate surface area is 180 Å². The first-order valence-electron chi connectivity index (χ1n) is 9.80. The number of rotatable bonds is 10. The van der Waals surface area contributed by atoms with Gasteiger partial charge in [0.25, 0.3) is 0 Å². The average Bonchev–Trinajstić information content (AvgIpc) is 2.78. The second-order valence-corrected chi connectivity index (χ2v) is 6.90. The van der Waals surface area contributed by atoms with E-state index in [1.807, 2.05) is 60.7 Å². The molecule has 31 heavy (non-hydrogen) atoms. The molecule has 2 aromatic rings. The van der Waals surface area contributed by atoms with Gasteiger partial charge in [-0.05, 0) is 24.5 Å². The fourth-order valence-corrected chi connectivity index (χ4v) is 2.74. The lowest BCUT2D eigenvalue weighted by molar-refractivity contribution is -0.144. The highest BCUT2D eigenvalue weighted by molar-refractivity contribution is 6.00. The van der Waals surface area contributed by atoms with Crippen molar-refractivity contribution in [2.24, 2.45) is 0 Å². The van der Waals surface area contributed by atoms with E-state index >= 15 is 0 Å². The molecule has 0 fully saturated rings. The normalized spacial score (nSPS) is 12.2. The van der Waals surface area contributed by atoms with Gasteiger partial charge in [0.1, 0.15) is 19.1 Å². The Kier molecular flexibility index (Phi) is 9.22. The molecule has 0 spiro atoms. The van der Waals surface area contributed by atoms with Gasteiger partial charge in [0, 0.05) is 0 Å². The largest absolute Gasteiger partial charge is 0.469 e. The Morgan fingerprint density at radius 2 is 1.45 bits per heavy atom. The first-order valence-corrected chi connectivity index (χ1v) is 9.80. The van der Waals surface area contributed by atoms with Gasteiger partial charge in [-0.25, -0.2) is 4.79 Å². The number of ketones is 1. The molecular formula is C23H26N2O6. The third-order valence-electron chi connectivity index (χ3n) is 4.47. The molecule has 164 valence electrons. The van der Waals surface area contributed by atoms with E-state index in [1.165, 1.54) is 14.0 Å². The standard InChI is InChI=1S/C23H26N2O6/c1-16(24-23(29)31-15-18-11-7-4-8-12-18)22(28)25-19(20(26)14-21(27)30-2)13-17-9-5-3-6-10-17/h3-12,16,19H,13-15H2,1-2H3,(H,24,29)(H,25,28)/t16-,19?/m0/s1. The lowest BCUT2D eigenvalue weighted by atomic mass is 10.00. The van der Waals surface area contributed by atoms with Gasteiger partial charge in [-0.15, -0.1) is 0 Å². The molecule has 2 N–H and O–H groups in total. The van der Waals surface area contributed by atoms with E-state index < -0.39 is 42.3 Å². The van der Waals surface area contributed by atoms with E-state index in [4.69, 9.17) is 4.74 Å². The smallest absolute Gasteiger partial charge is 0.408 e. The van der Waals surface area contributed by atoms with Crippen LogP contribution in [0.4, 0.5) is 4.79 Å². The van der Waals surface area contributed by atoms with Crippen molar-refractivity contribution >= 4 is 23.8 Å². The summed E-state index contributed by atoms with van der Waals surface area (Å²) in [5, 5.41) is 5.04. The molecular weight excluding hydrogens is 400 g/mol. The summed E-state index contributed by atoms with van der Waals surface area (Å²) in [5.41, 5.74) is 1.62. The number of amides is 2. The predicted molar refractivity (Wildman–Crippen MR) is 113 cm³/mol. The summed E-state index contributed by atoms with van der Waals surface area (Å²) in [6.45, 7) is 1.54. The van der Waals surface area contributed by atoms with Crippen LogP contribution >= 0.6 is 0 Å². The van der Waals surface area contributed by atoms with Gasteiger partial charge in [-0.2, -0.15) is 0 Å². The number of carbonyl (C=O) groups is 4. The molecule has 8 heteroatoms. The molecule has 0 radical (unpaired) electrons. The number of hydrogen-bond acceptors (Lipinski definition) is 6. The molecule has 0 saturated carbocycles. The fraction of sp³-hybridized carbons (Fsp3) is 0.304. The SMILES string of the molecule is COC(=O)CC(=O)C(Cc1ccccc1)NC(=O)[C@H](C)NC(=O)OCc1ccccc1. The van der Waals surface area contributed by atoms with E-state index in [2.05, 4.69) is 15.4 Å². The lowest BCUT2D eigenvalue weighted by Crippen LogP contribution is -2.51. The van der Waals surface area contributed by atoms with Gasteiger partial charge in [-0.1, -0.05) is 60.7 Å². The maximum Gasteiger partial charge on any atom is 0.408 e. The van der Waals surface area contributed by atoms with E-state index in [9.17, 15) is 19.2 Å². The molecule has 2 amide bonds. The number of alkyl carbamates (subject to hydrolysis) is 1. The van der Waals surface area contributed by atoms with Gasteiger partial charge < -0.3 is 20.1 Å². The maximum atomic E-state index is 12.6. The van der Waals surface area contributed by atoms with E-state index in [1.54, 1.807) is 0 Å². The second kappa shape index (κ2) is 12.1. The van der Waals surface area contributed by atoms with Crippen molar-refractivity contribution in [2.45, 2.75) is 38.5 Å². The topological polar surface area (TPSA) is 111 Å². The molecule has 2 rings (SSSR count). The van der Waals surface area contributed by atoms with E-state index in [-0.39, 0.29) is 13.0 Å². The maximum absolute atomic E-state index is 12.6. The van der Waals surface area contributed by atoms with Crippen LogP contribution in [0, 0.1) is 0 Å². The van der Waals surface area contributed by atoms with Gasteiger partial charge in [-0.3, -0.25) is 14.4 Å². The summed E-state index contributed by atoms with van der Waals surface area (Å²) in [7, 11) is 1.19. The van der Waals surface area contributed by atoms with Crippen molar-refractivity contribution in [3.63, 3.8) is 0 Å². The van der Waals surface area contributed by atoms with Gasteiger partial charge in [0.2, 0.25) is 5.91 Å². The number of Topliss-reactive ketones (excluding diaryl/α,β-unsaturated/α-hetero) is 1. The van der Waals surface area contributed by atoms with Crippen LogP contribution in [-0.2, 0) is 36.9 Å². The minimum Gasteiger partial charge on any atom is -0.469 e. The molecule has 0 bridgehead atoms. The number of carbonyl (C=O) groups excluding carboxylic acids is 4. The average molecular weight is 426 g/mol. The van der Waals surface area contributed by atoms with Gasteiger partial charge >= 0.3 is 12.1 Å². The Hall–Kier alpha value is -3.68. The van der Waals surface area contributed by atoms with Crippen LogP contribution in [0.25, 0.3) is 0 Å². The van der Waals surface area contributed by atoms with Crippen LogP contribution in [0.3, 0.4) is 0 Å². The molecule has 2 atom stereocenters. The first kappa shape index (κ1) is 23.6. The fourth-order valence-electron chi connectivity index (χ4n) is 2.74. The van der Waals surface area contributed by atoms with Crippen molar-refractivity contribution in [1.82, 2.24) is 10.6 Å². The van der Waals surface area contributed by atoms with Crippen molar-refractivity contribution < 1.29 is 28.7 Å². The van der Waals surface area contributed by atoms with E-state index in [0.717, 1.165) is 11.1 Å². The summed E-state index contributed by atoms with van der Waals surface area (Å²) >= 11 is 0. The zero-order chi connectivity index (χ0) is 22.6. The number of methoxy groups -OCH3 is 1. The third-order valence-corrected chi connectivity index (χ3v) is 4.47. The number of nitrogens with one attached hydrogen (secondary N) is 2. The number of hydrogen-bond donors (Lipinski definition) is 2. The Bertz CT molecular complexity index is 885. The minimum absolute atomic E-state index is 0.0647.